The van der Waals surface area contributed by atoms with Gasteiger partial charge in [-0.2, -0.15) is 0 Å². The van der Waals surface area contributed by atoms with Crippen molar-refractivity contribution in [1.82, 2.24) is 4.90 Å². The van der Waals surface area contributed by atoms with Gasteiger partial charge in [0.25, 0.3) is 0 Å². The van der Waals surface area contributed by atoms with Crippen LogP contribution in [0.2, 0.25) is 5.02 Å². The third kappa shape index (κ3) is 6.07. The van der Waals surface area contributed by atoms with Gasteiger partial charge in [-0.05, 0) is 85.8 Å². The SMILES string of the molecule is COC(=O)C(C)C(c1ccc2c(c1)OC1(CC2)CCN(Cc2cc(Cl)ccc2OC(F)(F)F)CC1)C1CC1. The molecule has 2 aliphatic heterocycles. The molecule has 1 saturated heterocycles. The Morgan fingerprint density at radius 1 is 1.16 bits per heavy atom. The number of alkyl halides is 3. The number of esters is 1. The number of rotatable bonds is 7. The van der Waals surface area contributed by atoms with Crippen molar-refractivity contribution < 1.29 is 32.2 Å². The zero-order valence-electron chi connectivity index (χ0n) is 21.7. The normalized spacial score (nSPS) is 20.8. The topological polar surface area (TPSA) is 48.0 Å². The molecule has 0 radical (unpaired) electrons. The van der Waals surface area contributed by atoms with Gasteiger partial charge in [0.1, 0.15) is 17.1 Å². The summed E-state index contributed by atoms with van der Waals surface area (Å²) < 4.78 is 54.6. The molecule has 2 atom stereocenters. The average Bonchev–Trinajstić information content (AvgIpc) is 3.71. The van der Waals surface area contributed by atoms with Gasteiger partial charge in [-0.25, -0.2) is 0 Å². The first-order chi connectivity index (χ1) is 18.1. The number of piperidine rings is 1. The molecule has 0 N–H and O–H groups in total. The van der Waals surface area contributed by atoms with E-state index in [9.17, 15) is 18.0 Å². The number of halogens is 4. The Labute approximate surface area is 226 Å². The van der Waals surface area contributed by atoms with Crippen molar-refractivity contribution in [2.45, 2.75) is 69.9 Å². The fraction of sp³-hybridized carbons (Fsp3) is 0.552. The van der Waals surface area contributed by atoms with Crippen LogP contribution >= 0.6 is 11.6 Å². The summed E-state index contributed by atoms with van der Waals surface area (Å²) in [4.78, 5) is 14.5. The number of ether oxygens (including phenoxy) is 3. The van der Waals surface area contributed by atoms with Crippen LogP contribution in [0.25, 0.3) is 0 Å². The van der Waals surface area contributed by atoms with Crippen molar-refractivity contribution in [3.63, 3.8) is 0 Å². The molecule has 206 valence electrons. The van der Waals surface area contributed by atoms with E-state index in [1.54, 1.807) is 0 Å². The third-order valence-electron chi connectivity index (χ3n) is 8.30. The lowest BCUT2D eigenvalue weighted by molar-refractivity contribution is -0.275. The highest BCUT2D eigenvalue weighted by atomic mass is 35.5. The highest BCUT2D eigenvalue weighted by Crippen LogP contribution is 2.49. The fourth-order valence-corrected chi connectivity index (χ4v) is 6.29. The number of hydrogen-bond acceptors (Lipinski definition) is 5. The molecule has 2 unspecified atom stereocenters. The number of likely N-dealkylation sites (tertiary alicyclic amines) is 1. The minimum atomic E-state index is -4.76. The molecule has 1 aliphatic carbocycles. The Bertz CT molecular complexity index is 1170. The number of carbonyl (C=O) groups excluding carboxylic acids is 1. The Morgan fingerprint density at radius 2 is 1.89 bits per heavy atom. The minimum Gasteiger partial charge on any atom is -0.487 e. The van der Waals surface area contributed by atoms with Gasteiger partial charge in [0.2, 0.25) is 0 Å². The predicted octanol–water partition coefficient (Wildman–Crippen LogP) is 6.90. The first-order valence-electron chi connectivity index (χ1n) is 13.2. The van der Waals surface area contributed by atoms with Crippen molar-refractivity contribution in [2.24, 2.45) is 11.8 Å². The molecule has 0 bridgehead atoms. The zero-order chi connectivity index (χ0) is 27.1. The number of aryl methyl sites for hydroxylation is 1. The van der Waals surface area contributed by atoms with Crippen LogP contribution in [0.5, 0.6) is 11.5 Å². The van der Waals surface area contributed by atoms with E-state index in [2.05, 4.69) is 27.8 Å². The molecular weight excluding hydrogens is 519 g/mol. The average molecular weight is 552 g/mol. The Kier molecular flexibility index (Phi) is 7.57. The third-order valence-corrected chi connectivity index (χ3v) is 8.54. The molecule has 1 spiro atoms. The van der Waals surface area contributed by atoms with Crippen molar-refractivity contribution >= 4 is 17.6 Å². The molecule has 2 fully saturated rings. The van der Waals surface area contributed by atoms with Gasteiger partial charge in [-0.1, -0.05) is 30.7 Å². The van der Waals surface area contributed by atoms with E-state index in [-0.39, 0.29) is 29.2 Å². The number of methoxy groups -OCH3 is 1. The second-order valence-electron chi connectivity index (χ2n) is 10.9. The lowest BCUT2D eigenvalue weighted by Gasteiger charge is -2.45. The molecule has 0 amide bonds. The maximum absolute atomic E-state index is 12.9. The molecule has 5 nitrogen and oxygen atoms in total. The van der Waals surface area contributed by atoms with Gasteiger partial charge in [0.05, 0.1) is 13.0 Å². The van der Waals surface area contributed by atoms with Gasteiger partial charge in [-0.15, -0.1) is 13.2 Å². The van der Waals surface area contributed by atoms with E-state index < -0.39 is 6.36 Å². The summed E-state index contributed by atoms with van der Waals surface area (Å²) in [6.45, 7) is 3.64. The maximum Gasteiger partial charge on any atom is 0.573 e. The Balaban J connectivity index is 1.27. The summed E-state index contributed by atoms with van der Waals surface area (Å²) in [5.74, 6) is 0.865. The lowest BCUT2D eigenvalue weighted by atomic mass is 9.80. The Morgan fingerprint density at radius 3 is 2.55 bits per heavy atom. The van der Waals surface area contributed by atoms with Gasteiger partial charge >= 0.3 is 12.3 Å². The van der Waals surface area contributed by atoms with E-state index in [0.717, 1.165) is 49.8 Å². The highest BCUT2D eigenvalue weighted by Gasteiger charge is 2.42. The summed E-state index contributed by atoms with van der Waals surface area (Å²) in [6.07, 6.45) is 0.835. The summed E-state index contributed by atoms with van der Waals surface area (Å²) in [6, 6.07) is 10.6. The summed E-state index contributed by atoms with van der Waals surface area (Å²) in [5.41, 5.74) is 2.41. The number of fused-ring (bicyclic) bond motifs is 1. The molecule has 2 aromatic rings. The van der Waals surface area contributed by atoms with Crippen LogP contribution in [0.15, 0.2) is 36.4 Å². The first-order valence-corrected chi connectivity index (χ1v) is 13.6. The van der Waals surface area contributed by atoms with Crippen LogP contribution in [-0.2, 0) is 22.5 Å². The molecule has 38 heavy (non-hydrogen) atoms. The Hall–Kier alpha value is -2.45. The molecule has 2 aromatic carbocycles. The molecular formula is C29H33ClF3NO4. The van der Waals surface area contributed by atoms with Crippen molar-refractivity contribution in [1.29, 1.82) is 0 Å². The van der Waals surface area contributed by atoms with Crippen LogP contribution in [0.4, 0.5) is 13.2 Å². The lowest BCUT2D eigenvalue weighted by Crippen LogP contribution is -2.49. The van der Waals surface area contributed by atoms with E-state index >= 15 is 0 Å². The molecule has 1 saturated carbocycles. The summed E-state index contributed by atoms with van der Waals surface area (Å²) >= 11 is 6.07. The zero-order valence-corrected chi connectivity index (χ0v) is 22.4. The van der Waals surface area contributed by atoms with Crippen LogP contribution < -0.4 is 9.47 Å². The monoisotopic (exact) mass is 551 g/mol. The summed E-state index contributed by atoms with van der Waals surface area (Å²) in [7, 11) is 1.44. The van der Waals surface area contributed by atoms with E-state index in [4.69, 9.17) is 21.1 Å². The second kappa shape index (κ2) is 10.6. The van der Waals surface area contributed by atoms with Crippen LogP contribution in [-0.4, -0.2) is 43.0 Å². The molecule has 3 aliphatic rings. The second-order valence-corrected chi connectivity index (χ2v) is 11.3. The molecule has 9 heteroatoms. The van der Waals surface area contributed by atoms with Gasteiger partial charge < -0.3 is 14.2 Å². The van der Waals surface area contributed by atoms with Crippen LogP contribution in [0, 0.1) is 11.8 Å². The minimum absolute atomic E-state index is 0.113. The largest absolute Gasteiger partial charge is 0.573 e. The first kappa shape index (κ1) is 27.1. The molecule has 0 aromatic heterocycles. The van der Waals surface area contributed by atoms with Gasteiger partial charge in [0, 0.05) is 30.2 Å². The van der Waals surface area contributed by atoms with E-state index in [1.165, 1.54) is 30.9 Å². The highest BCUT2D eigenvalue weighted by molar-refractivity contribution is 6.30. The van der Waals surface area contributed by atoms with Crippen LogP contribution in [0.3, 0.4) is 0 Å². The van der Waals surface area contributed by atoms with Crippen molar-refractivity contribution in [3.05, 3.63) is 58.1 Å². The number of nitrogens with zero attached hydrogens (tertiary/aromatic N) is 1. The van der Waals surface area contributed by atoms with Crippen LogP contribution in [0.1, 0.15) is 61.6 Å². The van der Waals surface area contributed by atoms with Gasteiger partial charge in [-0.3, -0.25) is 9.69 Å². The summed E-state index contributed by atoms with van der Waals surface area (Å²) in [5, 5.41) is 0.372. The predicted molar refractivity (Wildman–Crippen MR) is 137 cm³/mol. The van der Waals surface area contributed by atoms with E-state index in [1.807, 2.05) is 6.92 Å². The number of hydrogen-bond donors (Lipinski definition) is 0. The standard InChI is InChI=1S/C29H33ClF3NO4/c1-18(27(35)36-2)26(20-4-5-20)21-6-3-19-9-10-28(37-25(19)16-21)11-13-34(14-12-28)17-22-15-23(30)7-8-24(22)38-29(31,32)33/h3,6-8,15-16,18,20,26H,4-5,9-14,17H2,1-2H3. The number of benzene rings is 2. The van der Waals surface area contributed by atoms with E-state index in [0.29, 0.717) is 36.1 Å². The van der Waals surface area contributed by atoms with Crippen molar-refractivity contribution in [2.75, 3.05) is 20.2 Å². The van der Waals surface area contributed by atoms with Crippen molar-refractivity contribution in [3.8, 4) is 11.5 Å². The number of carbonyl (C=O) groups is 1. The smallest absolute Gasteiger partial charge is 0.487 e. The quantitative estimate of drug-likeness (QED) is 0.350. The molecule has 2 heterocycles. The van der Waals surface area contributed by atoms with Gasteiger partial charge in [0.15, 0.2) is 0 Å². The molecule has 5 rings (SSSR count). The maximum atomic E-state index is 12.9. The fourth-order valence-electron chi connectivity index (χ4n) is 6.09.